The number of nitrogens with one attached hydrogen (secondary N) is 1. The predicted molar refractivity (Wildman–Crippen MR) is 81.1 cm³/mol. The van der Waals surface area contributed by atoms with Crippen LogP contribution >= 0.6 is 0 Å². The Balaban J connectivity index is 1.83. The molecule has 4 N–H and O–H groups in total. The number of rotatable bonds is 6. The Morgan fingerprint density at radius 1 is 1.38 bits per heavy atom. The third-order valence-corrected chi connectivity index (χ3v) is 4.05. The van der Waals surface area contributed by atoms with Crippen molar-refractivity contribution in [2.45, 2.75) is 45.2 Å². The lowest BCUT2D eigenvalue weighted by Crippen LogP contribution is -2.36. The molecule has 1 amide bonds. The van der Waals surface area contributed by atoms with Crippen LogP contribution in [0.15, 0.2) is 18.2 Å². The molecule has 0 atom stereocenters. The molecule has 0 aromatic heterocycles. The van der Waals surface area contributed by atoms with Crippen LogP contribution in [0.2, 0.25) is 0 Å². The number of aromatic hydroxyl groups is 1. The Morgan fingerprint density at radius 2 is 2.10 bits per heavy atom. The Hall–Kier alpha value is -1.75. The number of ether oxygens (including phenoxy) is 1. The minimum atomic E-state index is -0.173. The third kappa shape index (κ3) is 4.36. The van der Waals surface area contributed by atoms with Gasteiger partial charge in [-0.3, -0.25) is 4.79 Å². The fourth-order valence-corrected chi connectivity index (χ4v) is 2.78. The Morgan fingerprint density at radius 3 is 2.71 bits per heavy atom. The molecule has 1 aromatic rings. The SMILES string of the molecule is CCOc1cc(CNC2CCC(C(N)=O)CC2)ccc1O. The molecule has 2 rings (SSSR count). The van der Waals surface area contributed by atoms with Crippen molar-refractivity contribution in [3.8, 4) is 11.5 Å². The van der Waals surface area contributed by atoms with Gasteiger partial charge in [-0.2, -0.15) is 0 Å². The largest absolute Gasteiger partial charge is 0.504 e. The monoisotopic (exact) mass is 292 g/mol. The van der Waals surface area contributed by atoms with Crippen LogP contribution in [0.4, 0.5) is 0 Å². The summed E-state index contributed by atoms with van der Waals surface area (Å²) in [5.41, 5.74) is 6.42. The molecule has 1 fully saturated rings. The summed E-state index contributed by atoms with van der Waals surface area (Å²) in [6.45, 7) is 3.15. The van der Waals surface area contributed by atoms with E-state index in [4.69, 9.17) is 10.5 Å². The van der Waals surface area contributed by atoms with Crippen molar-refractivity contribution in [1.29, 1.82) is 0 Å². The summed E-state index contributed by atoms with van der Waals surface area (Å²) in [7, 11) is 0. The lowest BCUT2D eigenvalue weighted by molar-refractivity contribution is -0.122. The summed E-state index contributed by atoms with van der Waals surface area (Å²) in [5, 5.41) is 13.2. The molecule has 0 saturated heterocycles. The number of carbonyl (C=O) groups excluding carboxylic acids is 1. The number of hydrogen-bond acceptors (Lipinski definition) is 4. The molecule has 1 aliphatic carbocycles. The summed E-state index contributed by atoms with van der Waals surface area (Å²) in [6, 6.07) is 5.83. The molecule has 116 valence electrons. The maximum Gasteiger partial charge on any atom is 0.220 e. The van der Waals surface area contributed by atoms with Gasteiger partial charge in [0.15, 0.2) is 11.5 Å². The maximum atomic E-state index is 11.1. The summed E-state index contributed by atoms with van der Waals surface area (Å²) in [6.07, 6.45) is 3.69. The fraction of sp³-hybridized carbons (Fsp3) is 0.562. The predicted octanol–water partition coefficient (Wildman–Crippen LogP) is 1.92. The van der Waals surface area contributed by atoms with Gasteiger partial charge in [0, 0.05) is 18.5 Å². The summed E-state index contributed by atoms with van der Waals surface area (Å²) in [5.74, 6) is 0.562. The number of hydrogen-bond donors (Lipinski definition) is 3. The van der Waals surface area contributed by atoms with Crippen LogP contribution in [0.3, 0.4) is 0 Å². The first kappa shape index (κ1) is 15.6. The van der Waals surface area contributed by atoms with Crippen molar-refractivity contribution < 1.29 is 14.6 Å². The normalized spacial score (nSPS) is 22.0. The van der Waals surface area contributed by atoms with Gasteiger partial charge < -0.3 is 20.9 Å². The van der Waals surface area contributed by atoms with Gasteiger partial charge in [-0.15, -0.1) is 0 Å². The minimum Gasteiger partial charge on any atom is -0.504 e. The lowest BCUT2D eigenvalue weighted by Gasteiger charge is -2.27. The van der Waals surface area contributed by atoms with Crippen molar-refractivity contribution >= 4 is 5.91 Å². The lowest BCUT2D eigenvalue weighted by atomic mass is 9.85. The fourth-order valence-electron chi connectivity index (χ4n) is 2.78. The van der Waals surface area contributed by atoms with E-state index in [1.807, 2.05) is 19.1 Å². The van der Waals surface area contributed by atoms with Crippen LogP contribution < -0.4 is 15.8 Å². The Labute approximate surface area is 125 Å². The summed E-state index contributed by atoms with van der Waals surface area (Å²) >= 11 is 0. The second kappa shape index (κ2) is 7.31. The smallest absolute Gasteiger partial charge is 0.220 e. The van der Waals surface area contributed by atoms with E-state index >= 15 is 0 Å². The molecule has 1 saturated carbocycles. The number of primary amides is 1. The van der Waals surface area contributed by atoms with Gasteiger partial charge in [0.05, 0.1) is 6.61 Å². The highest BCUT2D eigenvalue weighted by atomic mass is 16.5. The summed E-state index contributed by atoms with van der Waals surface area (Å²) < 4.78 is 5.38. The Kier molecular flexibility index (Phi) is 5.44. The van der Waals surface area contributed by atoms with E-state index in [2.05, 4.69) is 5.32 Å². The molecular formula is C16H24N2O3. The molecule has 0 heterocycles. The number of benzene rings is 1. The zero-order valence-electron chi connectivity index (χ0n) is 12.5. The average molecular weight is 292 g/mol. The number of phenolic OH excluding ortho intramolecular Hbond substituents is 1. The topological polar surface area (TPSA) is 84.6 Å². The van der Waals surface area contributed by atoms with Gasteiger partial charge in [-0.05, 0) is 50.3 Å². The van der Waals surface area contributed by atoms with Crippen LogP contribution in [0.5, 0.6) is 11.5 Å². The minimum absolute atomic E-state index is 0.0429. The van der Waals surface area contributed by atoms with Crippen LogP contribution in [-0.2, 0) is 11.3 Å². The highest BCUT2D eigenvalue weighted by Gasteiger charge is 2.24. The van der Waals surface area contributed by atoms with Crippen LogP contribution in [-0.4, -0.2) is 23.7 Å². The molecule has 0 bridgehead atoms. The van der Waals surface area contributed by atoms with E-state index in [0.717, 1.165) is 37.8 Å². The molecule has 21 heavy (non-hydrogen) atoms. The van der Waals surface area contributed by atoms with E-state index in [1.165, 1.54) is 0 Å². The van der Waals surface area contributed by atoms with E-state index in [-0.39, 0.29) is 17.6 Å². The van der Waals surface area contributed by atoms with Gasteiger partial charge >= 0.3 is 0 Å². The van der Waals surface area contributed by atoms with Gasteiger partial charge in [-0.1, -0.05) is 6.07 Å². The molecule has 5 nitrogen and oxygen atoms in total. The van der Waals surface area contributed by atoms with E-state index < -0.39 is 0 Å². The highest BCUT2D eigenvalue weighted by molar-refractivity contribution is 5.76. The van der Waals surface area contributed by atoms with Gasteiger partial charge in [0.1, 0.15) is 0 Å². The number of phenols is 1. The van der Waals surface area contributed by atoms with Crippen molar-refractivity contribution in [2.75, 3.05) is 6.61 Å². The summed E-state index contributed by atoms with van der Waals surface area (Å²) in [4.78, 5) is 11.1. The van der Waals surface area contributed by atoms with Crippen LogP contribution in [0, 0.1) is 5.92 Å². The van der Waals surface area contributed by atoms with E-state index in [9.17, 15) is 9.90 Å². The number of carbonyl (C=O) groups is 1. The zero-order chi connectivity index (χ0) is 15.2. The first-order valence-corrected chi connectivity index (χ1v) is 7.57. The number of amides is 1. The zero-order valence-corrected chi connectivity index (χ0v) is 12.5. The van der Waals surface area contributed by atoms with Gasteiger partial charge in [-0.25, -0.2) is 0 Å². The van der Waals surface area contributed by atoms with Crippen molar-refractivity contribution in [1.82, 2.24) is 5.32 Å². The van der Waals surface area contributed by atoms with Crippen LogP contribution in [0.25, 0.3) is 0 Å². The molecule has 0 spiro atoms. The molecule has 1 aromatic carbocycles. The molecule has 1 aliphatic rings. The van der Waals surface area contributed by atoms with Crippen molar-refractivity contribution in [3.63, 3.8) is 0 Å². The molecule has 0 radical (unpaired) electrons. The first-order valence-electron chi connectivity index (χ1n) is 7.57. The van der Waals surface area contributed by atoms with Crippen molar-refractivity contribution in [2.24, 2.45) is 11.7 Å². The molecule has 0 aliphatic heterocycles. The second-order valence-electron chi connectivity index (χ2n) is 5.57. The van der Waals surface area contributed by atoms with Gasteiger partial charge in [0.2, 0.25) is 5.91 Å². The first-order chi connectivity index (χ1) is 10.1. The molecule has 5 heteroatoms. The quantitative estimate of drug-likeness (QED) is 0.748. The van der Waals surface area contributed by atoms with Crippen molar-refractivity contribution in [3.05, 3.63) is 23.8 Å². The van der Waals surface area contributed by atoms with E-state index in [0.29, 0.717) is 18.4 Å². The average Bonchev–Trinajstić information content (AvgIpc) is 2.48. The Bertz CT molecular complexity index is 482. The maximum absolute atomic E-state index is 11.1. The molecule has 0 unspecified atom stereocenters. The second-order valence-corrected chi connectivity index (χ2v) is 5.57. The van der Waals surface area contributed by atoms with Gasteiger partial charge in [0.25, 0.3) is 0 Å². The standard InChI is InChI=1S/C16H24N2O3/c1-2-21-15-9-11(3-8-14(15)19)10-18-13-6-4-12(5-7-13)16(17)20/h3,8-9,12-13,18-19H,2,4-7,10H2,1H3,(H2,17,20). The number of nitrogens with two attached hydrogens (primary N) is 1. The third-order valence-electron chi connectivity index (χ3n) is 4.05. The highest BCUT2D eigenvalue weighted by Crippen LogP contribution is 2.27. The van der Waals surface area contributed by atoms with Crippen LogP contribution in [0.1, 0.15) is 38.2 Å². The van der Waals surface area contributed by atoms with E-state index in [1.54, 1.807) is 6.07 Å². The molecular weight excluding hydrogens is 268 g/mol.